The average molecular weight is 362 g/mol. The van der Waals surface area contributed by atoms with Gasteiger partial charge < -0.3 is 5.73 Å². The van der Waals surface area contributed by atoms with Crippen molar-refractivity contribution in [3.63, 3.8) is 0 Å². The topological polar surface area (TPSA) is 72.2 Å². The maximum absolute atomic E-state index is 12.3. The van der Waals surface area contributed by atoms with Crippen LogP contribution in [0.25, 0.3) is 0 Å². The number of sulfonamides is 1. The second kappa shape index (κ2) is 5.40. The van der Waals surface area contributed by atoms with Crippen LogP contribution in [-0.4, -0.2) is 8.42 Å². The van der Waals surface area contributed by atoms with E-state index in [0.29, 0.717) is 15.2 Å². The summed E-state index contributed by atoms with van der Waals surface area (Å²) in [5.41, 5.74) is 6.25. The number of nitrogen functional groups attached to an aromatic ring is 1. The van der Waals surface area contributed by atoms with E-state index in [9.17, 15) is 8.42 Å². The maximum Gasteiger partial charge on any atom is 0.264 e. The molecule has 4 nitrogen and oxygen atoms in total. The summed E-state index contributed by atoms with van der Waals surface area (Å²) in [5, 5.41) is 0.307. The predicted molar refractivity (Wildman–Crippen MR) is 80.8 cm³/mol. The monoisotopic (exact) mass is 360 g/mol. The number of para-hydroxylation sites is 1. The van der Waals surface area contributed by atoms with Crippen molar-refractivity contribution in [2.24, 2.45) is 0 Å². The van der Waals surface area contributed by atoms with Gasteiger partial charge in [-0.05, 0) is 46.3 Å². The summed E-state index contributed by atoms with van der Waals surface area (Å²) in [6.07, 6.45) is 0. The van der Waals surface area contributed by atoms with Gasteiger partial charge in [-0.2, -0.15) is 0 Å². The Bertz CT molecular complexity index is 719. The van der Waals surface area contributed by atoms with E-state index in [2.05, 4.69) is 20.7 Å². The van der Waals surface area contributed by atoms with Gasteiger partial charge in [0.25, 0.3) is 10.0 Å². The van der Waals surface area contributed by atoms with Gasteiger partial charge in [0.2, 0.25) is 0 Å². The summed E-state index contributed by atoms with van der Waals surface area (Å²) in [7, 11) is -3.78. The molecule has 0 atom stereocenters. The van der Waals surface area contributed by atoms with E-state index >= 15 is 0 Å². The molecule has 0 saturated heterocycles. The predicted octanol–water partition coefficient (Wildman–Crippen LogP) is 3.49. The van der Waals surface area contributed by atoms with E-state index in [1.807, 2.05) is 0 Å². The number of nitrogens with two attached hydrogens (primary N) is 1. The molecule has 0 spiro atoms. The third kappa shape index (κ3) is 3.20. The largest absolute Gasteiger partial charge is 0.398 e. The van der Waals surface area contributed by atoms with Crippen molar-refractivity contribution in [2.45, 2.75) is 4.90 Å². The van der Waals surface area contributed by atoms with Crippen molar-refractivity contribution >= 4 is 48.9 Å². The fraction of sp³-hybridized carbons (Fsp3) is 0. The molecule has 2 aromatic rings. The molecular weight excluding hydrogens is 352 g/mol. The number of benzene rings is 2. The number of halogens is 2. The smallest absolute Gasteiger partial charge is 0.264 e. The van der Waals surface area contributed by atoms with E-state index in [1.165, 1.54) is 18.2 Å². The SMILES string of the molecule is Nc1ccc(Cl)cc1S(=O)(=O)Nc1ccccc1Br. The summed E-state index contributed by atoms with van der Waals surface area (Å²) >= 11 is 9.07. The highest BCUT2D eigenvalue weighted by Crippen LogP contribution is 2.28. The van der Waals surface area contributed by atoms with Crippen LogP contribution in [0.15, 0.2) is 51.8 Å². The Labute approximate surface area is 124 Å². The van der Waals surface area contributed by atoms with Gasteiger partial charge in [0.15, 0.2) is 0 Å². The van der Waals surface area contributed by atoms with Gasteiger partial charge in [-0.15, -0.1) is 0 Å². The first-order valence-electron chi connectivity index (χ1n) is 5.22. The molecule has 0 amide bonds. The Morgan fingerprint density at radius 1 is 1.16 bits per heavy atom. The first-order chi connectivity index (χ1) is 8.90. The number of anilines is 2. The highest BCUT2D eigenvalue weighted by atomic mass is 79.9. The van der Waals surface area contributed by atoms with Crippen LogP contribution in [0.3, 0.4) is 0 Å². The van der Waals surface area contributed by atoms with Crippen LogP contribution < -0.4 is 10.5 Å². The fourth-order valence-electron chi connectivity index (χ4n) is 1.48. The minimum Gasteiger partial charge on any atom is -0.398 e. The van der Waals surface area contributed by atoms with Gasteiger partial charge in [-0.3, -0.25) is 4.72 Å². The summed E-state index contributed by atoms with van der Waals surface area (Å²) in [6, 6.07) is 11.2. The van der Waals surface area contributed by atoms with Crippen LogP contribution in [0.1, 0.15) is 0 Å². The lowest BCUT2D eigenvalue weighted by Gasteiger charge is -2.11. The third-order valence-corrected chi connectivity index (χ3v) is 4.73. The van der Waals surface area contributed by atoms with E-state index in [0.717, 1.165) is 0 Å². The maximum atomic E-state index is 12.3. The van der Waals surface area contributed by atoms with Crippen molar-refractivity contribution in [3.05, 3.63) is 52.0 Å². The second-order valence-electron chi connectivity index (χ2n) is 3.77. The van der Waals surface area contributed by atoms with Crippen LogP contribution in [0.4, 0.5) is 11.4 Å². The molecule has 0 heterocycles. The Morgan fingerprint density at radius 2 is 1.84 bits per heavy atom. The zero-order valence-electron chi connectivity index (χ0n) is 9.60. The molecule has 0 unspecified atom stereocenters. The molecular formula is C12H10BrClN2O2S. The van der Waals surface area contributed by atoms with Gasteiger partial charge in [0, 0.05) is 9.50 Å². The molecule has 0 aliphatic carbocycles. The fourth-order valence-corrected chi connectivity index (χ4v) is 3.47. The Balaban J connectivity index is 2.44. The molecule has 0 fully saturated rings. The van der Waals surface area contributed by atoms with Crippen LogP contribution in [0.2, 0.25) is 5.02 Å². The molecule has 19 heavy (non-hydrogen) atoms. The van der Waals surface area contributed by atoms with Crippen LogP contribution in [-0.2, 0) is 10.0 Å². The Hall–Kier alpha value is -1.24. The lowest BCUT2D eigenvalue weighted by Crippen LogP contribution is -2.15. The normalized spacial score (nSPS) is 11.3. The van der Waals surface area contributed by atoms with Crippen LogP contribution in [0.5, 0.6) is 0 Å². The van der Waals surface area contributed by atoms with Crippen molar-refractivity contribution in [3.8, 4) is 0 Å². The molecule has 0 aliphatic rings. The average Bonchev–Trinajstić information content (AvgIpc) is 2.35. The summed E-state index contributed by atoms with van der Waals surface area (Å²) in [4.78, 5) is -0.0456. The standard InChI is InChI=1S/C12H10BrClN2O2S/c13-9-3-1-2-4-11(9)16-19(17,18)12-7-8(14)5-6-10(12)15/h1-7,16H,15H2. The number of hydrogen-bond donors (Lipinski definition) is 2. The molecule has 0 aliphatic heterocycles. The number of rotatable bonds is 3. The number of hydrogen-bond acceptors (Lipinski definition) is 3. The molecule has 2 rings (SSSR count). The highest BCUT2D eigenvalue weighted by molar-refractivity contribution is 9.10. The van der Waals surface area contributed by atoms with Crippen molar-refractivity contribution in [1.29, 1.82) is 0 Å². The van der Waals surface area contributed by atoms with Gasteiger partial charge >= 0.3 is 0 Å². The Morgan fingerprint density at radius 3 is 2.53 bits per heavy atom. The molecule has 0 radical (unpaired) electrons. The summed E-state index contributed by atoms with van der Waals surface area (Å²) < 4.78 is 27.6. The van der Waals surface area contributed by atoms with Gasteiger partial charge in [0.1, 0.15) is 4.90 Å². The van der Waals surface area contributed by atoms with E-state index in [1.54, 1.807) is 24.3 Å². The van der Waals surface area contributed by atoms with Gasteiger partial charge in [0.05, 0.1) is 11.4 Å². The molecule has 100 valence electrons. The highest BCUT2D eigenvalue weighted by Gasteiger charge is 2.18. The lowest BCUT2D eigenvalue weighted by molar-refractivity contribution is 0.601. The lowest BCUT2D eigenvalue weighted by atomic mass is 10.3. The quantitative estimate of drug-likeness (QED) is 0.822. The Kier molecular flexibility index (Phi) is 4.03. The molecule has 0 bridgehead atoms. The molecule has 0 aromatic heterocycles. The van der Waals surface area contributed by atoms with Gasteiger partial charge in [-0.1, -0.05) is 23.7 Å². The summed E-state index contributed by atoms with van der Waals surface area (Å²) in [6.45, 7) is 0. The van der Waals surface area contributed by atoms with E-state index in [4.69, 9.17) is 17.3 Å². The first kappa shape index (κ1) is 14.2. The molecule has 2 aromatic carbocycles. The molecule has 3 N–H and O–H groups in total. The van der Waals surface area contributed by atoms with Crippen molar-refractivity contribution in [2.75, 3.05) is 10.5 Å². The second-order valence-corrected chi connectivity index (χ2v) is 6.71. The van der Waals surface area contributed by atoms with Crippen molar-refractivity contribution in [1.82, 2.24) is 0 Å². The third-order valence-electron chi connectivity index (χ3n) is 2.38. The van der Waals surface area contributed by atoms with Crippen LogP contribution >= 0.6 is 27.5 Å². The van der Waals surface area contributed by atoms with Crippen molar-refractivity contribution < 1.29 is 8.42 Å². The number of nitrogens with one attached hydrogen (secondary N) is 1. The molecule has 0 saturated carbocycles. The van der Waals surface area contributed by atoms with Gasteiger partial charge in [-0.25, -0.2) is 8.42 Å². The van der Waals surface area contributed by atoms with E-state index < -0.39 is 10.0 Å². The van der Waals surface area contributed by atoms with Crippen LogP contribution in [0, 0.1) is 0 Å². The first-order valence-corrected chi connectivity index (χ1v) is 7.88. The summed E-state index contributed by atoms with van der Waals surface area (Å²) in [5.74, 6) is 0. The minimum absolute atomic E-state index is 0.0456. The minimum atomic E-state index is -3.78. The molecule has 7 heteroatoms. The zero-order chi connectivity index (χ0) is 14.0. The zero-order valence-corrected chi connectivity index (χ0v) is 12.8. The van der Waals surface area contributed by atoms with E-state index in [-0.39, 0.29) is 10.6 Å².